The maximum atomic E-state index is 2.53. The van der Waals surface area contributed by atoms with E-state index in [1.165, 1.54) is 89.9 Å². The zero-order valence-electron chi connectivity index (χ0n) is 28.9. The highest BCUT2D eigenvalue weighted by Gasteiger charge is 2.39. The predicted molar refractivity (Wildman–Crippen MR) is 232 cm³/mol. The molecule has 10 aromatic rings. The lowest BCUT2D eigenvalue weighted by Crippen LogP contribution is -2.49. The number of nitrogens with zero attached hydrogens (tertiary/aromatic N) is 1. The molecule has 1 aliphatic rings. The molecule has 0 saturated carbocycles. The van der Waals surface area contributed by atoms with Crippen molar-refractivity contribution in [1.82, 2.24) is 0 Å². The largest absolute Gasteiger partial charge is 0.310 e. The highest BCUT2D eigenvalue weighted by atomic mass is 32.1. The SMILES string of the molecule is C[Si]1(C)c2cc(N(c3ccc(-c4cccc5ccccc45)cc3)c3ccc4c(c3)sc3ccccc34)ccc2-c2c1ccc1c2sc2ccccc21. The maximum Gasteiger partial charge on any atom is 0.114 e. The molecule has 0 unspecified atom stereocenters. The Kier molecular flexibility index (Phi) is 6.51. The van der Waals surface area contributed by atoms with Crippen LogP contribution in [-0.2, 0) is 0 Å². The molecule has 0 atom stereocenters. The zero-order chi connectivity index (χ0) is 34.6. The molecule has 0 amide bonds. The fourth-order valence-electron chi connectivity index (χ4n) is 8.70. The number of anilines is 3. The van der Waals surface area contributed by atoms with Crippen LogP contribution in [0.25, 0.3) is 73.4 Å². The van der Waals surface area contributed by atoms with E-state index in [9.17, 15) is 0 Å². The summed E-state index contributed by atoms with van der Waals surface area (Å²) in [6.07, 6.45) is 0. The van der Waals surface area contributed by atoms with Crippen LogP contribution in [0.5, 0.6) is 0 Å². The smallest absolute Gasteiger partial charge is 0.114 e. The van der Waals surface area contributed by atoms with Gasteiger partial charge in [-0.15, -0.1) is 22.7 Å². The quantitative estimate of drug-likeness (QED) is 0.164. The van der Waals surface area contributed by atoms with Crippen molar-refractivity contribution in [3.63, 3.8) is 0 Å². The monoisotopic (exact) mass is 715 g/mol. The first-order chi connectivity index (χ1) is 25.5. The average Bonchev–Trinajstić information content (AvgIpc) is 3.82. The Hall–Kier alpha value is -5.52. The maximum absolute atomic E-state index is 2.53. The standard InChI is InChI=1S/C48H33NS2Si/c1-52(2)45-27-26-40-38-14-6-8-17-43(38)51-48(40)47(45)41-25-23-34(29-46(41)52)49(33-22-24-39-37-13-5-7-16-42(37)50-44(39)28-33)32-20-18-31(19-21-32)36-15-9-11-30-10-3-4-12-35(30)36/h3-29H,1-2H3. The van der Waals surface area contributed by atoms with E-state index in [2.05, 4.69) is 182 Å². The van der Waals surface area contributed by atoms with Crippen LogP contribution in [0.2, 0.25) is 13.1 Å². The van der Waals surface area contributed by atoms with Crippen molar-refractivity contribution >= 4 is 109 Å². The van der Waals surface area contributed by atoms with Gasteiger partial charge < -0.3 is 4.90 Å². The lowest BCUT2D eigenvalue weighted by molar-refractivity contribution is 1.29. The lowest BCUT2D eigenvalue weighted by Gasteiger charge is -2.28. The van der Waals surface area contributed by atoms with Crippen molar-refractivity contribution < 1.29 is 0 Å². The van der Waals surface area contributed by atoms with Crippen LogP contribution in [0.4, 0.5) is 17.1 Å². The van der Waals surface area contributed by atoms with E-state index in [0.29, 0.717) is 0 Å². The third kappa shape index (κ3) is 4.38. The van der Waals surface area contributed by atoms with Crippen molar-refractivity contribution in [1.29, 1.82) is 0 Å². The van der Waals surface area contributed by atoms with E-state index in [1.807, 2.05) is 22.7 Å². The first-order valence-electron chi connectivity index (χ1n) is 17.9. The van der Waals surface area contributed by atoms with Crippen molar-refractivity contribution in [3.8, 4) is 22.3 Å². The summed E-state index contributed by atoms with van der Waals surface area (Å²) in [7, 11) is -1.99. The van der Waals surface area contributed by atoms with Gasteiger partial charge in [0.15, 0.2) is 0 Å². The van der Waals surface area contributed by atoms with E-state index in [0.717, 1.165) is 5.69 Å². The summed E-state index contributed by atoms with van der Waals surface area (Å²) in [4.78, 5) is 2.47. The molecule has 2 aromatic heterocycles. The molecule has 8 aromatic carbocycles. The van der Waals surface area contributed by atoms with Gasteiger partial charge in [0.05, 0.1) is 0 Å². The van der Waals surface area contributed by atoms with E-state index < -0.39 is 8.07 Å². The van der Waals surface area contributed by atoms with Crippen molar-refractivity contribution in [2.24, 2.45) is 0 Å². The Balaban J connectivity index is 1.09. The van der Waals surface area contributed by atoms with Crippen LogP contribution in [0.3, 0.4) is 0 Å². The van der Waals surface area contributed by atoms with Crippen molar-refractivity contribution in [3.05, 3.63) is 164 Å². The first kappa shape index (κ1) is 30.1. The van der Waals surface area contributed by atoms with Crippen LogP contribution in [0.15, 0.2) is 164 Å². The van der Waals surface area contributed by atoms with Gasteiger partial charge in [0.25, 0.3) is 0 Å². The molecule has 0 fully saturated rings. The molecule has 0 spiro atoms. The number of thiophene rings is 2. The molecule has 0 radical (unpaired) electrons. The van der Waals surface area contributed by atoms with Gasteiger partial charge in [0, 0.05) is 57.4 Å². The summed E-state index contributed by atoms with van der Waals surface area (Å²) in [5.41, 5.74) is 8.92. The van der Waals surface area contributed by atoms with Crippen LogP contribution in [0, 0.1) is 0 Å². The van der Waals surface area contributed by atoms with Crippen LogP contribution in [0.1, 0.15) is 0 Å². The summed E-state index contributed by atoms with van der Waals surface area (Å²) in [5.74, 6) is 0. The topological polar surface area (TPSA) is 3.24 Å². The lowest BCUT2D eigenvalue weighted by atomic mass is 9.98. The highest BCUT2D eigenvalue weighted by Crippen LogP contribution is 2.45. The molecular formula is C48H33NS2Si. The minimum absolute atomic E-state index is 1.16. The first-order valence-corrected chi connectivity index (χ1v) is 22.6. The van der Waals surface area contributed by atoms with E-state index in [1.54, 1.807) is 5.19 Å². The Morgan fingerprint density at radius 2 is 1.04 bits per heavy atom. The number of fused-ring (bicyclic) bond motifs is 11. The third-order valence-electron chi connectivity index (χ3n) is 11.3. The second-order valence-electron chi connectivity index (χ2n) is 14.5. The van der Waals surface area contributed by atoms with Gasteiger partial charge in [-0.25, -0.2) is 0 Å². The number of rotatable bonds is 4. The number of benzene rings is 8. The van der Waals surface area contributed by atoms with E-state index in [-0.39, 0.29) is 0 Å². The van der Waals surface area contributed by atoms with E-state index >= 15 is 0 Å². The summed E-state index contributed by atoms with van der Waals surface area (Å²) < 4.78 is 5.44. The zero-order valence-corrected chi connectivity index (χ0v) is 31.5. The van der Waals surface area contributed by atoms with Gasteiger partial charge in [-0.1, -0.05) is 128 Å². The van der Waals surface area contributed by atoms with Crippen LogP contribution in [-0.4, -0.2) is 8.07 Å². The second kappa shape index (κ2) is 11.2. The Morgan fingerprint density at radius 1 is 0.423 bits per heavy atom. The molecule has 0 aliphatic carbocycles. The van der Waals surface area contributed by atoms with Gasteiger partial charge in [-0.3, -0.25) is 0 Å². The Bertz CT molecular complexity index is 3050. The molecule has 0 bridgehead atoms. The molecule has 11 rings (SSSR count). The second-order valence-corrected chi connectivity index (χ2v) is 21.0. The molecular weight excluding hydrogens is 683 g/mol. The van der Waals surface area contributed by atoms with Crippen molar-refractivity contribution in [2.45, 2.75) is 13.1 Å². The molecule has 0 saturated heterocycles. The minimum atomic E-state index is -1.99. The molecule has 1 aliphatic heterocycles. The summed E-state index contributed by atoms with van der Waals surface area (Å²) in [6, 6.07) is 61.3. The Labute approximate surface area is 311 Å². The van der Waals surface area contributed by atoms with Crippen LogP contribution < -0.4 is 15.3 Å². The van der Waals surface area contributed by atoms with Gasteiger partial charge in [0.1, 0.15) is 8.07 Å². The number of hydrogen-bond acceptors (Lipinski definition) is 3. The molecule has 52 heavy (non-hydrogen) atoms. The number of hydrogen-bond donors (Lipinski definition) is 0. The highest BCUT2D eigenvalue weighted by molar-refractivity contribution is 7.27. The minimum Gasteiger partial charge on any atom is -0.310 e. The summed E-state index contributed by atoms with van der Waals surface area (Å²) >= 11 is 3.83. The summed E-state index contributed by atoms with van der Waals surface area (Å²) in [6.45, 7) is 5.07. The van der Waals surface area contributed by atoms with Gasteiger partial charge >= 0.3 is 0 Å². The fourth-order valence-corrected chi connectivity index (χ4v) is 14.3. The van der Waals surface area contributed by atoms with Crippen molar-refractivity contribution in [2.75, 3.05) is 4.90 Å². The van der Waals surface area contributed by atoms with Gasteiger partial charge in [0.2, 0.25) is 0 Å². The molecule has 4 heteroatoms. The molecule has 3 heterocycles. The molecule has 0 N–H and O–H groups in total. The molecule has 246 valence electrons. The Morgan fingerprint density at radius 3 is 1.87 bits per heavy atom. The van der Waals surface area contributed by atoms with E-state index in [4.69, 9.17) is 0 Å². The summed E-state index contributed by atoms with van der Waals surface area (Å²) in [5, 5.41) is 11.0. The average molecular weight is 716 g/mol. The van der Waals surface area contributed by atoms with Crippen LogP contribution >= 0.6 is 22.7 Å². The third-order valence-corrected chi connectivity index (χ3v) is 17.1. The normalized spacial score (nSPS) is 13.3. The fraction of sp³-hybridized carbons (Fsp3) is 0.0417. The predicted octanol–water partition coefficient (Wildman–Crippen LogP) is 13.5. The van der Waals surface area contributed by atoms with Gasteiger partial charge in [-0.2, -0.15) is 0 Å². The molecule has 1 nitrogen and oxygen atoms in total. The van der Waals surface area contributed by atoms with Gasteiger partial charge in [-0.05, 0) is 91.9 Å².